The number of hydrogen-bond donors (Lipinski definition) is 0. The van der Waals surface area contributed by atoms with E-state index in [1.54, 1.807) is 12.7 Å². The van der Waals surface area contributed by atoms with E-state index in [0.29, 0.717) is 24.3 Å². The van der Waals surface area contributed by atoms with Gasteiger partial charge < -0.3 is 4.52 Å². The van der Waals surface area contributed by atoms with Crippen LogP contribution in [-0.4, -0.2) is 42.4 Å². The maximum absolute atomic E-state index is 5.47. The maximum atomic E-state index is 5.47. The van der Waals surface area contributed by atoms with Gasteiger partial charge in [-0.25, -0.2) is 4.98 Å². The van der Waals surface area contributed by atoms with Gasteiger partial charge in [-0.1, -0.05) is 28.9 Å². The molecule has 4 rings (SSSR count). The zero-order valence-electron chi connectivity index (χ0n) is 13.7. The van der Waals surface area contributed by atoms with Gasteiger partial charge in [-0.05, 0) is 32.4 Å². The first-order valence-electron chi connectivity index (χ1n) is 8.24. The highest BCUT2D eigenvalue weighted by atomic mass is 16.5. The Balaban J connectivity index is 1.45. The second-order valence-corrected chi connectivity index (χ2v) is 6.27. The van der Waals surface area contributed by atoms with Gasteiger partial charge in [0.25, 0.3) is 0 Å². The molecule has 0 radical (unpaired) electrons. The molecule has 0 saturated carbocycles. The van der Waals surface area contributed by atoms with Crippen molar-refractivity contribution in [3.8, 4) is 11.4 Å². The van der Waals surface area contributed by atoms with Gasteiger partial charge >= 0.3 is 0 Å². The molecule has 2 aromatic heterocycles. The molecule has 0 amide bonds. The second-order valence-electron chi connectivity index (χ2n) is 6.27. The van der Waals surface area contributed by atoms with Crippen LogP contribution in [0.15, 0.2) is 41.4 Å². The highest BCUT2D eigenvalue weighted by molar-refractivity contribution is 5.55. The van der Waals surface area contributed by atoms with Crippen LogP contribution in [0.4, 0.5) is 0 Å². The smallest absolute Gasteiger partial charge is 0.241 e. The predicted octanol–water partition coefficient (Wildman–Crippen LogP) is 2.30. The third-order valence-corrected chi connectivity index (χ3v) is 4.45. The average Bonchev–Trinajstić information content (AvgIpc) is 3.32. The maximum Gasteiger partial charge on any atom is 0.241 e. The van der Waals surface area contributed by atoms with Crippen molar-refractivity contribution in [2.45, 2.75) is 38.9 Å². The lowest BCUT2D eigenvalue weighted by Gasteiger charge is -2.22. The largest absolute Gasteiger partial charge is 0.338 e. The average molecular weight is 324 g/mol. The molecule has 1 fully saturated rings. The molecule has 1 aliphatic heterocycles. The number of aryl methyl sites for hydroxylation is 1. The Morgan fingerprint density at radius 3 is 3.12 bits per heavy atom. The van der Waals surface area contributed by atoms with E-state index in [9.17, 15) is 0 Å². The molecule has 1 saturated heterocycles. The fraction of sp³-hybridized carbons (Fsp3) is 0.412. The van der Waals surface area contributed by atoms with Gasteiger partial charge in [0, 0.05) is 11.6 Å². The summed E-state index contributed by atoms with van der Waals surface area (Å²) in [5.74, 6) is 1.32. The molecule has 1 aromatic carbocycles. The van der Waals surface area contributed by atoms with Gasteiger partial charge in [-0.15, -0.1) is 0 Å². The van der Waals surface area contributed by atoms with Crippen molar-refractivity contribution in [1.82, 2.24) is 29.8 Å². The molecule has 0 aliphatic carbocycles. The van der Waals surface area contributed by atoms with Crippen LogP contribution in [0, 0.1) is 6.92 Å². The quantitative estimate of drug-likeness (QED) is 0.717. The van der Waals surface area contributed by atoms with Crippen LogP contribution in [0.2, 0.25) is 0 Å². The van der Waals surface area contributed by atoms with E-state index in [1.165, 1.54) is 12.0 Å². The van der Waals surface area contributed by atoms with Crippen molar-refractivity contribution in [2.24, 2.45) is 0 Å². The van der Waals surface area contributed by atoms with Crippen molar-refractivity contribution >= 4 is 0 Å². The minimum atomic E-state index is 0.431. The number of benzene rings is 1. The Hall–Kier alpha value is -2.54. The summed E-state index contributed by atoms with van der Waals surface area (Å²) in [7, 11) is 0. The van der Waals surface area contributed by atoms with Crippen molar-refractivity contribution in [1.29, 1.82) is 0 Å². The summed E-state index contributed by atoms with van der Waals surface area (Å²) in [6, 6.07) is 8.57. The lowest BCUT2D eigenvalue weighted by Crippen LogP contribution is -2.32. The van der Waals surface area contributed by atoms with Gasteiger partial charge in [0.15, 0.2) is 0 Å². The van der Waals surface area contributed by atoms with E-state index in [-0.39, 0.29) is 0 Å². The van der Waals surface area contributed by atoms with Crippen molar-refractivity contribution < 1.29 is 4.52 Å². The highest BCUT2D eigenvalue weighted by Gasteiger charge is 2.26. The summed E-state index contributed by atoms with van der Waals surface area (Å²) >= 11 is 0. The van der Waals surface area contributed by atoms with E-state index >= 15 is 0 Å². The van der Waals surface area contributed by atoms with Crippen LogP contribution < -0.4 is 0 Å². The normalized spacial score (nSPS) is 18.3. The third kappa shape index (κ3) is 3.21. The van der Waals surface area contributed by atoms with E-state index in [4.69, 9.17) is 4.52 Å². The number of rotatable bonds is 5. The van der Waals surface area contributed by atoms with E-state index < -0.39 is 0 Å². The summed E-state index contributed by atoms with van der Waals surface area (Å²) in [6.07, 6.45) is 5.67. The van der Waals surface area contributed by atoms with E-state index in [2.05, 4.69) is 44.2 Å². The van der Waals surface area contributed by atoms with Crippen LogP contribution in [0.5, 0.6) is 0 Å². The fourth-order valence-corrected chi connectivity index (χ4v) is 3.25. The zero-order valence-corrected chi connectivity index (χ0v) is 13.7. The molecule has 24 heavy (non-hydrogen) atoms. The number of hydrogen-bond acceptors (Lipinski definition) is 6. The first kappa shape index (κ1) is 15.0. The third-order valence-electron chi connectivity index (χ3n) is 4.45. The molecule has 1 aliphatic rings. The van der Waals surface area contributed by atoms with Crippen molar-refractivity contribution in [3.63, 3.8) is 0 Å². The van der Waals surface area contributed by atoms with Gasteiger partial charge in [0.2, 0.25) is 11.7 Å². The molecule has 7 heteroatoms. The topological polar surface area (TPSA) is 72.9 Å². The van der Waals surface area contributed by atoms with Crippen LogP contribution in [0.3, 0.4) is 0 Å². The summed E-state index contributed by atoms with van der Waals surface area (Å²) in [4.78, 5) is 11.0. The number of likely N-dealkylation sites (tertiary alicyclic amines) is 1. The Morgan fingerprint density at radius 1 is 1.33 bits per heavy atom. The minimum Gasteiger partial charge on any atom is -0.338 e. The second kappa shape index (κ2) is 6.52. The molecule has 7 nitrogen and oxygen atoms in total. The monoisotopic (exact) mass is 324 g/mol. The first-order valence-corrected chi connectivity index (χ1v) is 8.24. The molecular formula is C17H20N6O. The molecule has 0 spiro atoms. The molecular weight excluding hydrogens is 304 g/mol. The molecule has 0 unspecified atom stereocenters. The van der Waals surface area contributed by atoms with Crippen LogP contribution in [0.1, 0.15) is 24.3 Å². The minimum absolute atomic E-state index is 0.431. The lowest BCUT2D eigenvalue weighted by atomic mass is 10.1. The van der Waals surface area contributed by atoms with Gasteiger partial charge in [0.05, 0.1) is 13.1 Å². The molecule has 0 N–H and O–H groups in total. The van der Waals surface area contributed by atoms with Gasteiger partial charge in [-0.3, -0.25) is 9.58 Å². The molecule has 0 bridgehead atoms. The molecule has 3 aromatic rings. The zero-order chi connectivity index (χ0) is 16.4. The predicted molar refractivity (Wildman–Crippen MR) is 87.9 cm³/mol. The SMILES string of the molecule is Cc1cccc(-c2noc(CN3CCC[C@H]3Cn3cncn3)n2)c1. The number of nitrogens with zero attached hydrogens (tertiary/aromatic N) is 6. The standard InChI is InChI=1S/C17H20N6O/c1-13-4-2-5-14(8-13)17-20-16(24-21-17)10-22-7-3-6-15(22)9-23-12-18-11-19-23/h2,4-5,8,11-12,15H,3,6-7,9-10H2,1H3/t15-/m0/s1. The summed E-state index contributed by atoms with van der Waals surface area (Å²) < 4.78 is 7.35. The Kier molecular flexibility index (Phi) is 4.08. The first-order chi connectivity index (χ1) is 11.8. The van der Waals surface area contributed by atoms with Crippen molar-refractivity contribution in [3.05, 3.63) is 48.4 Å². The highest BCUT2D eigenvalue weighted by Crippen LogP contribution is 2.22. The number of aromatic nitrogens is 5. The van der Waals surface area contributed by atoms with Crippen LogP contribution in [-0.2, 0) is 13.1 Å². The van der Waals surface area contributed by atoms with E-state index in [0.717, 1.165) is 25.1 Å². The van der Waals surface area contributed by atoms with Gasteiger partial charge in [-0.2, -0.15) is 10.1 Å². The molecule has 1 atom stereocenters. The molecule has 124 valence electrons. The Bertz CT molecular complexity index is 797. The molecule has 3 heterocycles. The van der Waals surface area contributed by atoms with E-state index in [1.807, 2.05) is 16.8 Å². The summed E-state index contributed by atoms with van der Waals surface area (Å²) in [5, 5.41) is 8.33. The lowest BCUT2D eigenvalue weighted by molar-refractivity contribution is 0.192. The Labute approximate surface area is 140 Å². The fourth-order valence-electron chi connectivity index (χ4n) is 3.25. The van der Waals surface area contributed by atoms with Gasteiger partial charge in [0.1, 0.15) is 12.7 Å². The summed E-state index contributed by atoms with van der Waals surface area (Å²) in [6.45, 7) is 4.63. The summed E-state index contributed by atoms with van der Waals surface area (Å²) in [5.41, 5.74) is 2.18. The Morgan fingerprint density at radius 2 is 2.29 bits per heavy atom. The van der Waals surface area contributed by atoms with Crippen LogP contribution >= 0.6 is 0 Å². The van der Waals surface area contributed by atoms with Crippen molar-refractivity contribution in [2.75, 3.05) is 6.54 Å². The van der Waals surface area contributed by atoms with Crippen LogP contribution in [0.25, 0.3) is 11.4 Å².